The first-order valence-corrected chi connectivity index (χ1v) is 8.24. The summed E-state index contributed by atoms with van der Waals surface area (Å²) in [6.07, 6.45) is 3.35. The van der Waals surface area contributed by atoms with E-state index >= 15 is 0 Å². The third-order valence-electron chi connectivity index (χ3n) is 3.56. The maximum Gasteiger partial charge on any atom is 0.193 e. The molecule has 1 aliphatic rings. The second-order valence-electron chi connectivity index (χ2n) is 4.81. The van der Waals surface area contributed by atoms with Crippen molar-refractivity contribution in [2.24, 2.45) is 4.99 Å². The highest BCUT2D eigenvalue weighted by molar-refractivity contribution is 7.98. The van der Waals surface area contributed by atoms with Crippen LogP contribution in [0.25, 0.3) is 0 Å². The Morgan fingerprint density at radius 3 is 2.89 bits per heavy atom. The minimum atomic E-state index is 0.639. The van der Waals surface area contributed by atoms with Gasteiger partial charge in [0.15, 0.2) is 5.96 Å². The molecule has 1 fully saturated rings. The molecule has 0 aliphatic carbocycles. The van der Waals surface area contributed by atoms with Gasteiger partial charge in [0.05, 0.1) is 0 Å². The number of rotatable bonds is 4. The van der Waals surface area contributed by atoms with Crippen LogP contribution in [0.1, 0.15) is 17.9 Å². The quantitative estimate of drug-likeness (QED) is 0.520. The summed E-state index contributed by atoms with van der Waals surface area (Å²) in [6.45, 7) is 3.15. The Labute approximate surface area is 120 Å². The molecule has 1 N–H and O–H groups in total. The number of hydrogen-bond donors (Lipinski definition) is 1. The Morgan fingerprint density at radius 2 is 2.21 bits per heavy atom. The molecule has 0 amide bonds. The molecule has 4 heteroatoms. The van der Waals surface area contributed by atoms with Crippen molar-refractivity contribution in [2.75, 3.05) is 38.7 Å². The minimum absolute atomic E-state index is 0.639. The number of thioether (sulfide) groups is 1. The van der Waals surface area contributed by atoms with E-state index in [9.17, 15) is 0 Å². The Bertz CT molecular complexity index is 405. The van der Waals surface area contributed by atoms with Gasteiger partial charge in [-0.25, -0.2) is 0 Å². The molecule has 0 bridgehead atoms. The zero-order valence-electron chi connectivity index (χ0n) is 11.8. The molecule has 0 radical (unpaired) electrons. The summed E-state index contributed by atoms with van der Waals surface area (Å²) < 4.78 is 0. The second-order valence-corrected chi connectivity index (χ2v) is 5.79. The molecule has 1 unspecified atom stereocenters. The Morgan fingerprint density at radius 1 is 1.42 bits per heavy atom. The molecule has 1 aromatic rings. The lowest BCUT2D eigenvalue weighted by Crippen LogP contribution is -2.40. The first kappa shape index (κ1) is 14.3. The fourth-order valence-electron chi connectivity index (χ4n) is 2.55. The van der Waals surface area contributed by atoms with Crippen LogP contribution in [0.15, 0.2) is 35.3 Å². The minimum Gasteiger partial charge on any atom is -0.355 e. The van der Waals surface area contributed by atoms with E-state index in [4.69, 9.17) is 0 Å². The summed E-state index contributed by atoms with van der Waals surface area (Å²) in [4.78, 5) is 6.77. The predicted molar refractivity (Wildman–Crippen MR) is 85.1 cm³/mol. The lowest BCUT2D eigenvalue weighted by molar-refractivity contribution is 0.488. The molecule has 19 heavy (non-hydrogen) atoms. The van der Waals surface area contributed by atoms with Crippen molar-refractivity contribution in [3.63, 3.8) is 0 Å². The Hall–Kier alpha value is -1.16. The van der Waals surface area contributed by atoms with Crippen LogP contribution in [0.5, 0.6) is 0 Å². The second kappa shape index (κ2) is 7.43. The van der Waals surface area contributed by atoms with E-state index in [-0.39, 0.29) is 0 Å². The smallest absolute Gasteiger partial charge is 0.193 e. The third-order valence-corrected chi connectivity index (χ3v) is 4.17. The summed E-state index contributed by atoms with van der Waals surface area (Å²) in [5.41, 5.74) is 1.45. The van der Waals surface area contributed by atoms with Crippen molar-refractivity contribution in [3.8, 4) is 0 Å². The Balaban J connectivity index is 1.90. The maximum atomic E-state index is 4.39. The molecule has 0 spiro atoms. The third kappa shape index (κ3) is 3.90. The van der Waals surface area contributed by atoms with Gasteiger partial charge in [0.2, 0.25) is 0 Å². The average molecular weight is 277 g/mol. The lowest BCUT2D eigenvalue weighted by Gasteiger charge is -2.21. The van der Waals surface area contributed by atoms with Crippen molar-refractivity contribution in [1.29, 1.82) is 0 Å². The van der Waals surface area contributed by atoms with Crippen LogP contribution in [0.2, 0.25) is 0 Å². The van der Waals surface area contributed by atoms with E-state index in [2.05, 4.69) is 51.8 Å². The molecular formula is C15H23N3S. The molecule has 1 heterocycles. The van der Waals surface area contributed by atoms with Gasteiger partial charge in [-0.3, -0.25) is 4.99 Å². The van der Waals surface area contributed by atoms with Crippen molar-refractivity contribution in [1.82, 2.24) is 10.2 Å². The summed E-state index contributed by atoms with van der Waals surface area (Å²) >= 11 is 1.86. The van der Waals surface area contributed by atoms with Gasteiger partial charge in [-0.05, 0) is 18.2 Å². The molecule has 1 aromatic carbocycles. The molecule has 1 aliphatic heterocycles. The van der Waals surface area contributed by atoms with E-state index < -0.39 is 0 Å². The molecule has 1 saturated heterocycles. The van der Waals surface area contributed by atoms with Gasteiger partial charge < -0.3 is 10.2 Å². The summed E-state index contributed by atoms with van der Waals surface area (Å²) in [7, 11) is 1.87. The maximum absolute atomic E-state index is 4.39. The summed E-state index contributed by atoms with van der Waals surface area (Å²) in [6, 6.07) is 10.8. The van der Waals surface area contributed by atoms with Crippen molar-refractivity contribution in [2.45, 2.75) is 12.3 Å². The van der Waals surface area contributed by atoms with Gasteiger partial charge in [0, 0.05) is 38.4 Å². The van der Waals surface area contributed by atoms with E-state index in [0.717, 1.165) is 31.3 Å². The largest absolute Gasteiger partial charge is 0.355 e. The monoisotopic (exact) mass is 277 g/mol. The van der Waals surface area contributed by atoms with E-state index in [0.29, 0.717) is 5.92 Å². The molecule has 0 saturated carbocycles. The molecule has 3 nitrogen and oxygen atoms in total. The van der Waals surface area contributed by atoms with Crippen LogP contribution in [0.4, 0.5) is 0 Å². The van der Waals surface area contributed by atoms with Gasteiger partial charge in [-0.1, -0.05) is 30.3 Å². The molecule has 104 valence electrons. The summed E-state index contributed by atoms with van der Waals surface area (Å²) in [5.74, 6) is 2.81. The highest BCUT2D eigenvalue weighted by Gasteiger charge is 2.25. The topological polar surface area (TPSA) is 27.6 Å². The molecule has 2 rings (SSSR count). The van der Waals surface area contributed by atoms with Crippen molar-refractivity contribution in [3.05, 3.63) is 35.9 Å². The fraction of sp³-hybridized carbons (Fsp3) is 0.533. The molecule has 0 aromatic heterocycles. The normalized spacial score (nSPS) is 19.8. The number of nitrogens with one attached hydrogen (secondary N) is 1. The molecular weight excluding hydrogens is 254 g/mol. The average Bonchev–Trinajstić information content (AvgIpc) is 2.94. The number of nitrogens with zero attached hydrogens (tertiary/aromatic N) is 2. The van der Waals surface area contributed by atoms with E-state index in [1.54, 1.807) is 0 Å². The van der Waals surface area contributed by atoms with E-state index in [1.165, 1.54) is 12.0 Å². The van der Waals surface area contributed by atoms with Crippen LogP contribution < -0.4 is 5.32 Å². The number of benzene rings is 1. The number of guanidine groups is 1. The number of likely N-dealkylation sites (tertiary alicyclic amines) is 1. The van der Waals surface area contributed by atoms with Crippen LogP contribution in [-0.2, 0) is 0 Å². The SMILES string of the molecule is CN=C(NCCSC)N1CCC(c2ccccc2)C1. The Kier molecular flexibility index (Phi) is 5.58. The first-order chi connectivity index (χ1) is 9.35. The van der Waals surface area contributed by atoms with Gasteiger partial charge in [-0.15, -0.1) is 0 Å². The molecule has 1 atom stereocenters. The fourth-order valence-corrected chi connectivity index (χ4v) is 2.85. The van der Waals surface area contributed by atoms with Crippen LogP contribution in [0, 0.1) is 0 Å². The van der Waals surface area contributed by atoms with Gasteiger partial charge in [-0.2, -0.15) is 11.8 Å². The van der Waals surface area contributed by atoms with E-state index in [1.807, 2.05) is 18.8 Å². The van der Waals surface area contributed by atoms with Crippen LogP contribution >= 0.6 is 11.8 Å². The zero-order chi connectivity index (χ0) is 13.5. The summed E-state index contributed by atoms with van der Waals surface area (Å²) in [5, 5.41) is 3.44. The number of aliphatic imine (C=N–C) groups is 1. The van der Waals surface area contributed by atoms with Gasteiger partial charge in [0.1, 0.15) is 0 Å². The number of hydrogen-bond acceptors (Lipinski definition) is 2. The predicted octanol–water partition coefficient (Wildman–Crippen LogP) is 2.41. The lowest BCUT2D eigenvalue weighted by atomic mass is 9.99. The first-order valence-electron chi connectivity index (χ1n) is 6.84. The standard InChI is InChI=1S/C15H23N3S/c1-16-15(17-9-11-19-2)18-10-8-14(12-18)13-6-4-3-5-7-13/h3-7,14H,8-12H2,1-2H3,(H,16,17). The highest BCUT2D eigenvalue weighted by Crippen LogP contribution is 2.26. The van der Waals surface area contributed by atoms with Gasteiger partial charge >= 0.3 is 0 Å². The van der Waals surface area contributed by atoms with Gasteiger partial charge in [0.25, 0.3) is 0 Å². The zero-order valence-corrected chi connectivity index (χ0v) is 12.6. The highest BCUT2D eigenvalue weighted by atomic mass is 32.2. The van der Waals surface area contributed by atoms with Crippen molar-refractivity contribution < 1.29 is 0 Å². The van der Waals surface area contributed by atoms with Crippen LogP contribution in [-0.4, -0.2) is 49.6 Å². The van der Waals surface area contributed by atoms with Crippen molar-refractivity contribution >= 4 is 17.7 Å². The van der Waals surface area contributed by atoms with Crippen LogP contribution in [0.3, 0.4) is 0 Å².